The van der Waals surface area contributed by atoms with Gasteiger partial charge in [-0.3, -0.25) is 9.78 Å². The van der Waals surface area contributed by atoms with E-state index in [0.29, 0.717) is 18.0 Å². The Labute approximate surface area is 88.4 Å². The quantitative estimate of drug-likeness (QED) is 0.719. The van der Waals surface area contributed by atoms with E-state index in [1.54, 1.807) is 6.07 Å². The number of nitrogens with two attached hydrogens (primary N) is 2. The predicted octanol–water partition coefficient (Wildman–Crippen LogP) is 0.103. The van der Waals surface area contributed by atoms with Crippen LogP contribution < -0.4 is 16.2 Å². The molecule has 0 saturated carbocycles. The number of aryl methyl sites for hydroxylation is 1. The van der Waals surface area contributed by atoms with Gasteiger partial charge in [0.1, 0.15) is 5.75 Å². The zero-order valence-electron chi connectivity index (χ0n) is 8.69. The molecule has 0 saturated heterocycles. The van der Waals surface area contributed by atoms with Crippen LogP contribution in [0, 0.1) is 6.92 Å². The number of hydrogen-bond donors (Lipinski definition) is 2. The van der Waals surface area contributed by atoms with Crippen LogP contribution in [-0.4, -0.2) is 17.5 Å². The fourth-order valence-electron chi connectivity index (χ4n) is 1.14. The molecule has 1 aromatic rings. The first-order valence-electron chi connectivity index (χ1n) is 4.71. The van der Waals surface area contributed by atoms with Crippen LogP contribution in [0.2, 0.25) is 0 Å². The van der Waals surface area contributed by atoms with Crippen LogP contribution in [0.5, 0.6) is 5.75 Å². The van der Waals surface area contributed by atoms with Gasteiger partial charge >= 0.3 is 0 Å². The first-order valence-corrected chi connectivity index (χ1v) is 4.71. The maximum Gasteiger partial charge on any atom is 0.220 e. The Hall–Kier alpha value is -1.62. The molecule has 0 aliphatic carbocycles. The summed E-state index contributed by atoms with van der Waals surface area (Å²) in [7, 11) is 0. The molecular formula is C10H15N3O2. The maximum atomic E-state index is 10.5. The zero-order valence-corrected chi connectivity index (χ0v) is 8.69. The van der Waals surface area contributed by atoms with Crippen molar-refractivity contribution in [3.63, 3.8) is 0 Å². The smallest absolute Gasteiger partial charge is 0.220 e. The van der Waals surface area contributed by atoms with Crippen molar-refractivity contribution < 1.29 is 9.53 Å². The third-order valence-electron chi connectivity index (χ3n) is 1.87. The molecule has 1 rings (SSSR count). The second kappa shape index (κ2) is 5.31. The van der Waals surface area contributed by atoms with E-state index in [4.69, 9.17) is 16.2 Å². The van der Waals surface area contributed by atoms with Crippen LogP contribution in [0.15, 0.2) is 12.1 Å². The molecular weight excluding hydrogens is 194 g/mol. The van der Waals surface area contributed by atoms with Crippen molar-refractivity contribution in [3.05, 3.63) is 23.5 Å². The summed E-state index contributed by atoms with van der Waals surface area (Å²) in [5, 5.41) is 0. The van der Waals surface area contributed by atoms with Crippen molar-refractivity contribution >= 4 is 5.91 Å². The minimum atomic E-state index is -0.385. The SMILES string of the molecule is Cc1ccc(OCCC(N)=O)c(CN)n1. The minimum absolute atomic E-state index is 0.192. The molecule has 0 bridgehead atoms. The lowest BCUT2D eigenvalue weighted by molar-refractivity contribution is -0.118. The number of amides is 1. The number of primary amides is 1. The fraction of sp³-hybridized carbons (Fsp3) is 0.400. The Morgan fingerprint density at radius 2 is 2.27 bits per heavy atom. The third kappa shape index (κ3) is 3.55. The van der Waals surface area contributed by atoms with Gasteiger partial charge in [0.2, 0.25) is 5.91 Å². The van der Waals surface area contributed by atoms with Crippen molar-refractivity contribution in [2.75, 3.05) is 6.61 Å². The number of nitrogens with zero attached hydrogens (tertiary/aromatic N) is 1. The summed E-state index contributed by atoms with van der Waals surface area (Å²) in [4.78, 5) is 14.7. The lowest BCUT2D eigenvalue weighted by atomic mass is 10.3. The van der Waals surface area contributed by atoms with Crippen molar-refractivity contribution in [2.45, 2.75) is 19.9 Å². The van der Waals surface area contributed by atoms with Crippen molar-refractivity contribution in [1.29, 1.82) is 0 Å². The highest BCUT2D eigenvalue weighted by Gasteiger charge is 2.04. The van der Waals surface area contributed by atoms with Crippen LogP contribution in [0.4, 0.5) is 0 Å². The average Bonchev–Trinajstić information content (AvgIpc) is 2.19. The summed E-state index contributed by atoms with van der Waals surface area (Å²) in [6, 6.07) is 3.63. The molecule has 0 aliphatic rings. The Morgan fingerprint density at radius 1 is 1.53 bits per heavy atom. The molecule has 1 aromatic heterocycles. The molecule has 1 heterocycles. The molecule has 4 N–H and O–H groups in total. The molecule has 0 aliphatic heterocycles. The van der Waals surface area contributed by atoms with Crippen LogP contribution in [0.25, 0.3) is 0 Å². The average molecular weight is 209 g/mol. The molecule has 5 nitrogen and oxygen atoms in total. The molecule has 0 unspecified atom stereocenters. The second-order valence-electron chi connectivity index (χ2n) is 3.17. The highest BCUT2D eigenvalue weighted by atomic mass is 16.5. The van der Waals surface area contributed by atoms with Gasteiger partial charge in [0.15, 0.2) is 0 Å². The van der Waals surface area contributed by atoms with E-state index in [1.165, 1.54) is 0 Å². The highest BCUT2D eigenvalue weighted by Crippen LogP contribution is 2.16. The molecule has 0 aromatic carbocycles. The van der Waals surface area contributed by atoms with Crippen LogP contribution in [-0.2, 0) is 11.3 Å². The molecule has 5 heteroatoms. The van der Waals surface area contributed by atoms with Crippen molar-refractivity contribution in [2.24, 2.45) is 11.5 Å². The van der Waals surface area contributed by atoms with Gasteiger partial charge in [-0.2, -0.15) is 0 Å². The fourth-order valence-corrected chi connectivity index (χ4v) is 1.14. The molecule has 15 heavy (non-hydrogen) atoms. The van der Waals surface area contributed by atoms with E-state index in [9.17, 15) is 4.79 Å². The monoisotopic (exact) mass is 209 g/mol. The summed E-state index contributed by atoms with van der Waals surface area (Å²) >= 11 is 0. The lowest BCUT2D eigenvalue weighted by Crippen LogP contribution is -2.15. The number of rotatable bonds is 5. The van der Waals surface area contributed by atoms with Gasteiger partial charge in [-0.05, 0) is 19.1 Å². The number of hydrogen-bond acceptors (Lipinski definition) is 4. The zero-order chi connectivity index (χ0) is 11.3. The van der Waals surface area contributed by atoms with Crippen molar-refractivity contribution in [3.8, 4) is 5.75 Å². The summed E-state index contributed by atoms with van der Waals surface area (Å²) in [5.74, 6) is 0.230. The van der Waals surface area contributed by atoms with E-state index >= 15 is 0 Å². The topological polar surface area (TPSA) is 91.2 Å². The van der Waals surface area contributed by atoms with Crippen molar-refractivity contribution in [1.82, 2.24) is 4.98 Å². The first-order chi connectivity index (χ1) is 7.13. The van der Waals surface area contributed by atoms with E-state index in [2.05, 4.69) is 4.98 Å². The van der Waals surface area contributed by atoms with Crippen LogP contribution in [0.1, 0.15) is 17.8 Å². The predicted molar refractivity (Wildman–Crippen MR) is 56.2 cm³/mol. The second-order valence-corrected chi connectivity index (χ2v) is 3.17. The number of carbonyl (C=O) groups is 1. The number of ether oxygens (including phenoxy) is 1. The van der Waals surface area contributed by atoms with E-state index in [0.717, 1.165) is 5.69 Å². The summed E-state index contributed by atoms with van der Waals surface area (Å²) in [5.41, 5.74) is 12.1. The molecule has 0 fully saturated rings. The van der Waals surface area contributed by atoms with Gasteiger partial charge in [-0.1, -0.05) is 0 Å². The normalized spacial score (nSPS) is 10.0. The lowest BCUT2D eigenvalue weighted by Gasteiger charge is -2.09. The highest BCUT2D eigenvalue weighted by molar-refractivity contribution is 5.73. The minimum Gasteiger partial charge on any atom is -0.491 e. The Balaban J connectivity index is 2.63. The number of aromatic nitrogens is 1. The summed E-state index contributed by atoms with van der Waals surface area (Å²) in [6.07, 6.45) is 0.192. The van der Waals surface area contributed by atoms with Crippen LogP contribution >= 0.6 is 0 Å². The van der Waals surface area contributed by atoms with Gasteiger partial charge in [0.05, 0.1) is 18.7 Å². The van der Waals surface area contributed by atoms with Gasteiger partial charge in [0.25, 0.3) is 0 Å². The third-order valence-corrected chi connectivity index (χ3v) is 1.87. The van der Waals surface area contributed by atoms with Gasteiger partial charge in [-0.15, -0.1) is 0 Å². The summed E-state index contributed by atoms with van der Waals surface area (Å²) in [6.45, 7) is 2.45. The Morgan fingerprint density at radius 3 is 2.87 bits per heavy atom. The Kier molecular flexibility index (Phi) is 4.05. The van der Waals surface area contributed by atoms with E-state index < -0.39 is 0 Å². The molecule has 0 atom stereocenters. The first kappa shape index (κ1) is 11.5. The largest absolute Gasteiger partial charge is 0.491 e. The standard InChI is InChI=1S/C10H15N3O2/c1-7-2-3-9(8(6-11)13-7)15-5-4-10(12)14/h2-3H,4-6,11H2,1H3,(H2,12,14). The molecule has 0 spiro atoms. The van der Waals surface area contributed by atoms with Gasteiger partial charge in [0, 0.05) is 12.2 Å². The van der Waals surface area contributed by atoms with E-state index in [1.807, 2.05) is 13.0 Å². The van der Waals surface area contributed by atoms with Gasteiger partial charge < -0.3 is 16.2 Å². The number of pyridine rings is 1. The molecule has 82 valence electrons. The molecule has 1 amide bonds. The van der Waals surface area contributed by atoms with E-state index in [-0.39, 0.29) is 18.9 Å². The van der Waals surface area contributed by atoms with Gasteiger partial charge in [-0.25, -0.2) is 0 Å². The maximum absolute atomic E-state index is 10.5. The Bertz CT molecular complexity index is 353. The number of carbonyl (C=O) groups excluding carboxylic acids is 1. The van der Waals surface area contributed by atoms with Crippen LogP contribution in [0.3, 0.4) is 0 Å². The summed E-state index contributed by atoms with van der Waals surface area (Å²) < 4.78 is 5.35. The molecule has 0 radical (unpaired) electrons.